The van der Waals surface area contributed by atoms with Crippen molar-refractivity contribution in [2.75, 3.05) is 5.73 Å². The van der Waals surface area contributed by atoms with E-state index in [4.69, 9.17) is 17.3 Å². The number of aromatic nitrogens is 1. The van der Waals surface area contributed by atoms with E-state index < -0.39 is 17.2 Å². The highest BCUT2D eigenvalue weighted by Crippen LogP contribution is 2.33. The molecule has 2 rings (SSSR count). The van der Waals surface area contributed by atoms with Gasteiger partial charge >= 0.3 is 0 Å². The van der Waals surface area contributed by atoms with Crippen LogP contribution in [-0.2, 0) is 0 Å². The van der Waals surface area contributed by atoms with Gasteiger partial charge in [-0.25, -0.2) is 8.78 Å². The number of nitrogen functional groups attached to an aromatic ring is 1. The summed E-state index contributed by atoms with van der Waals surface area (Å²) in [5.41, 5.74) is 5.07. The van der Waals surface area contributed by atoms with Crippen LogP contribution in [0.4, 0.5) is 14.5 Å². The Kier molecular flexibility index (Phi) is 2.32. The van der Waals surface area contributed by atoms with E-state index in [0.29, 0.717) is 0 Å². The van der Waals surface area contributed by atoms with Gasteiger partial charge in [0.1, 0.15) is 11.5 Å². The zero-order valence-corrected chi connectivity index (χ0v) is 8.05. The van der Waals surface area contributed by atoms with Crippen molar-refractivity contribution < 1.29 is 13.3 Å². The van der Waals surface area contributed by atoms with Gasteiger partial charge in [0, 0.05) is 0 Å². The van der Waals surface area contributed by atoms with Crippen LogP contribution in [0.25, 0.3) is 11.3 Å². The van der Waals surface area contributed by atoms with E-state index >= 15 is 0 Å². The Balaban J connectivity index is 2.72. The number of benzene rings is 1. The van der Waals surface area contributed by atoms with Crippen LogP contribution < -0.4 is 5.73 Å². The van der Waals surface area contributed by atoms with E-state index in [2.05, 4.69) is 9.68 Å². The van der Waals surface area contributed by atoms with Crippen molar-refractivity contribution in [1.82, 2.24) is 5.16 Å². The van der Waals surface area contributed by atoms with Crippen LogP contribution in [0.5, 0.6) is 0 Å². The minimum Gasteiger partial charge on any atom is -0.394 e. The maximum atomic E-state index is 13.5. The van der Waals surface area contributed by atoms with Crippen molar-refractivity contribution in [2.45, 2.75) is 0 Å². The highest BCUT2D eigenvalue weighted by Gasteiger charge is 2.20. The van der Waals surface area contributed by atoms with Crippen LogP contribution in [0, 0.1) is 11.6 Å². The fourth-order valence-electron chi connectivity index (χ4n) is 1.17. The van der Waals surface area contributed by atoms with E-state index in [-0.39, 0.29) is 16.5 Å². The molecule has 1 aromatic carbocycles. The lowest BCUT2D eigenvalue weighted by Crippen LogP contribution is -1.93. The van der Waals surface area contributed by atoms with Gasteiger partial charge in [-0.15, -0.1) is 0 Å². The number of rotatable bonds is 1. The lowest BCUT2D eigenvalue weighted by atomic mass is 10.1. The summed E-state index contributed by atoms with van der Waals surface area (Å²) in [4.78, 5) is 0. The highest BCUT2D eigenvalue weighted by molar-refractivity contribution is 6.31. The van der Waals surface area contributed by atoms with Crippen LogP contribution >= 0.6 is 11.6 Å². The molecule has 0 bridgehead atoms. The zero-order chi connectivity index (χ0) is 11.0. The van der Waals surface area contributed by atoms with Crippen molar-refractivity contribution in [3.63, 3.8) is 0 Å². The summed E-state index contributed by atoms with van der Waals surface area (Å²) in [5.74, 6) is -1.88. The summed E-state index contributed by atoms with van der Waals surface area (Å²) >= 11 is 5.51. The Morgan fingerprint density at radius 1 is 1.33 bits per heavy atom. The van der Waals surface area contributed by atoms with Crippen molar-refractivity contribution in [2.24, 2.45) is 0 Å². The topological polar surface area (TPSA) is 52.0 Å². The van der Waals surface area contributed by atoms with Crippen LogP contribution in [0.1, 0.15) is 0 Å². The van der Waals surface area contributed by atoms with Crippen LogP contribution in [0.15, 0.2) is 22.9 Å². The SMILES string of the molecule is Nc1cnoc1-c1c(F)ccc(Cl)c1F. The van der Waals surface area contributed by atoms with Crippen molar-refractivity contribution in [3.05, 3.63) is 35.0 Å². The first-order valence-electron chi connectivity index (χ1n) is 3.95. The predicted molar refractivity (Wildman–Crippen MR) is 51.3 cm³/mol. The van der Waals surface area contributed by atoms with Crippen molar-refractivity contribution in [1.29, 1.82) is 0 Å². The lowest BCUT2D eigenvalue weighted by molar-refractivity contribution is 0.427. The van der Waals surface area contributed by atoms with Gasteiger partial charge in [-0.2, -0.15) is 0 Å². The maximum absolute atomic E-state index is 13.5. The maximum Gasteiger partial charge on any atom is 0.195 e. The molecule has 0 aliphatic carbocycles. The first kappa shape index (κ1) is 9.92. The number of hydrogen-bond donors (Lipinski definition) is 1. The molecule has 0 aliphatic heterocycles. The van der Waals surface area contributed by atoms with Gasteiger partial charge in [0.2, 0.25) is 0 Å². The Labute approximate surface area is 88.4 Å². The molecule has 15 heavy (non-hydrogen) atoms. The minimum absolute atomic E-state index is 0.0510. The summed E-state index contributed by atoms with van der Waals surface area (Å²) in [7, 11) is 0. The molecule has 1 aromatic heterocycles. The highest BCUT2D eigenvalue weighted by atomic mass is 35.5. The molecule has 0 aliphatic rings. The molecule has 6 heteroatoms. The molecule has 2 aromatic rings. The summed E-state index contributed by atoms with van der Waals surface area (Å²) in [6, 6.07) is 2.14. The fourth-order valence-corrected chi connectivity index (χ4v) is 1.33. The predicted octanol–water partition coefficient (Wildman–Crippen LogP) is 2.86. The molecule has 3 nitrogen and oxygen atoms in total. The molecule has 0 unspecified atom stereocenters. The van der Waals surface area contributed by atoms with Gasteiger partial charge in [-0.05, 0) is 12.1 Å². The number of anilines is 1. The fraction of sp³-hybridized carbons (Fsp3) is 0. The molecule has 0 amide bonds. The molecule has 0 atom stereocenters. The molecule has 0 saturated heterocycles. The third kappa shape index (κ3) is 1.55. The second-order valence-electron chi connectivity index (χ2n) is 2.83. The normalized spacial score (nSPS) is 10.6. The third-order valence-electron chi connectivity index (χ3n) is 1.87. The Morgan fingerprint density at radius 2 is 2.07 bits per heavy atom. The Hall–Kier alpha value is -1.62. The first-order chi connectivity index (χ1) is 7.11. The smallest absolute Gasteiger partial charge is 0.195 e. The molecular weight excluding hydrogens is 226 g/mol. The Bertz CT molecular complexity index is 513. The first-order valence-corrected chi connectivity index (χ1v) is 4.33. The van der Waals surface area contributed by atoms with Gasteiger partial charge < -0.3 is 10.3 Å². The Morgan fingerprint density at radius 3 is 2.67 bits per heavy atom. The average Bonchev–Trinajstić information content (AvgIpc) is 2.60. The number of hydrogen-bond acceptors (Lipinski definition) is 3. The van der Waals surface area contributed by atoms with E-state index in [1.165, 1.54) is 0 Å². The van der Waals surface area contributed by atoms with Gasteiger partial charge in [0.25, 0.3) is 0 Å². The molecule has 0 fully saturated rings. The number of nitrogens with two attached hydrogens (primary N) is 1. The van der Waals surface area contributed by atoms with Gasteiger partial charge in [0.15, 0.2) is 11.6 Å². The minimum atomic E-state index is -0.917. The van der Waals surface area contributed by atoms with E-state index in [1.54, 1.807) is 0 Å². The van der Waals surface area contributed by atoms with E-state index in [0.717, 1.165) is 18.3 Å². The standard InChI is InChI=1S/C9H5ClF2N2O/c10-4-1-2-5(11)7(8(4)12)9-6(13)3-14-15-9/h1-3H,13H2. The van der Waals surface area contributed by atoms with E-state index in [9.17, 15) is 8.78 Å². The quantitative estimate of drug-likeness (QED) is 0.767. The summed E-state index contributed by atoms with van der Waals surface area (Å²) in [6.45, 7) is 0. The molecule has 1 heterocycles. The lowest BCUT2D eigenvalue weighted by Gasteiger charge is -2.02. The molecular formula is C9H5ClF2N2O. The van der Waals surface area contributed by atoms with Crippen LogP contribution in [-0.4, -0.2) is 5.16 Å². The van der Waals surface area contributed by atoms with E-state index in [1.807, 2.05) is 0 Å². The van der Waals surface area contributed by atoms with Crippen molar-refractivity contribution in [3.8, 4) is 11.3 Å². The monoisotopic (exact) mass is 230 g/mol. The number of halogens is 3. The second kappa shape index (κ2) is 3.51. The molecule has 2 N–H and O–H groups in total. The van der Waals surface area contributed by atoms with Crippen LogP contribution in [0.3, 0.4) is 0 Å². The van der Waals surface area contributed by atoms with Crippen LogP contribution in [0.2, 0.25) is 5.02 Å². The molecule has 0 spiro atoms. The van der Waals surface area contributed by atoms with Gasteiger partial charge in [-0.1, -0.05) is 16.8 Å². The summed E-state index contributed by atoms with van der Waals surface area (Å²) in [5, 5.41) is 3.13. The second-order valence-corrected chi connectivity index (χ2v) is 3.24. The molecule has 0 radical (unpaired) electrons. The molecule has 78 valence electrons. The zero-order valence-electron chi connectivity index (χ0n) is 7.30. The summed E-state index contributed by atoms with van der Waals surface area (Å²) in [6.07, 6.45) is 1.16. The van der Waals surface area contributed by atoms with Gasteiger partial charge in [0.05, 0.1) is 16.8 Å². The van der Waals surface area contributed by atoms with Crippen molar-refractivity contribution >= 4 is 17.3 Å². The largest absolute Gasteiger partial charge is 0.394 e. The average molecular weight is 231 g/mol. The molecule has 0 saturated carbocycles. The summed E-state index contributed by atoms with van der Waals surface area (Å²) < 4.78 is 31.5. The third-order valence-corrected chi connectivity index (χ3v) is 2.16. The van der Waals surface area contributed by atoms with Gasteiger partial charge in [-0.3, -0.25) is 0 Å². The number of nitrogens with zero attached hydrogens (tertiary/aromatic N) is 1.